The highest BCUT2D eigenvalue weighted by atomic mass is 35.5. The maximum atomic E-state index is 11.6. The van der Waals surface area contributed by atoms with E-state index in [-0.39, 0.29) is 18.3 Å². The molecule has 2 rings (SSSR count). The Kier molecular flexibility index (Phi) is 8.56. The lowest BCUT2D eigenvalue weighted by atomic mass is 10.1. The number of aromatic hydroxyl groups is 1. The molecule has 1 aromatic rings. The summed E-state index contributed by atoms with van der Waals surface area (Å²) in [6.07, 6.45) is 2.65. The molecule has 1 aliphatic heterocycles. The zero-order valence-corrected chi connectivity index (χ0v) is 14.0. The van der Waals surface area contributed by atoms with Gasteiger partial charge in [0.05, 0.1) is 16.7 Å². The van der Waals surface area contributed by atoms with Crippen LogP contribution in [0.5, 0.6) is 5.75 Å². The van der Waals surface area contributed by atoms with Gasteiger partial charge in [0.15, 0.2) is 6.10 Å². The third-order valence-electron chi connectivity index (χ3n) is 3.30. The number of phenols is 1. The summed E-state index contributed by atoms with van der Waals surface area (Å²) in [4.78, 5) is 13.4. The highest BCUT2D eigenvalue weighted by molar-refractivity contribution is 6.42. The van der Waals surface area contributed by atoms with Crippen molar-refractivity contribution in [2.24, 2.45) is 0 Å². The fraction of sp³-hybridized carbons (Fsp3) is 0.533. The molecule has 5 nitrogen and oxygen atoms in total. The Morgan fingerprint density at radius 1 is 1.27 bits per heavy atom. The number of phenolic OH excluding ortho intramolecular Hbond substituents is 1. The summed E-state index contributed by atoms with van der Waals surface area (Å²) < 4.78 is 4.87. The van der Waals surface area contributed by atoms with Crippen molar-refractivity contribution in [3.8, 4) is 5.75 Å². The summed E-state index contributed by atoms with van der Waals surface area (Å²) in [5.74, 6) is 0.0501. The molecule has 1 aromatic carbocycles. The summed E-state index contributed by atoms with van der Waals surface area (Å²) in [5, 5.41) is 18.5. The predicted octanol–water partition coefficient (Wildman–Crippen LogP) is 2.71. The molecule has 0 aliphatic carbocycles. The maximum Gasteiger partial charge on any atom is 0.254 e. The molecule has 0 radical (unpaired) electrons. The number of benzene rings is 1. The van der Waals surface area contributed by atoms with Crippen LogP contribution in [0.4, 0.5) is 0 Å². The minimum atomic E-state index is -0.668. The Hall–Kier alpha value is -1.01. The molecule has 1 aliphatic rings. The summed E-state index contributed by atoms with van der Waals surface area (Å²) in [6, 6.07) is 4.41. The van der Waals surface area contributed by atoms with Crippen molar-refractivity contribution in [3.63, 3.8) is 0 Å². The fourth-order valence-electron chi connectivity index (χ4n) is 2.06. The molecule has 1 atom stereocenters. The number of hydrogen-bond acceptors (Lipinski definition) is 4. The van der Waals surface area contributed by atoms with Crippen molar-refractivity contribution < 1.29 is 19.7 Å². The van der Waals surface area contributed by atoms with E-state index < -0.39 is 6.10 Å². The standard InChI is InChI=1S/C9H17NO3.C6H4Cl2O/c1-13-8(7-11)9(12)10-5-3-2-4-6-10;7-5-2-1-4(9)3-6(5)8/h8,11H,2-7H2,1H3;1-3,9H. The van der Waals surface area contributed by atoms with Gasteiger partial charge in [0.25, 0.3) is 5.91 Å². The summed E-state index contributed by atoms with van der Waals surface area (Å²) in [6.45, 7) is 1.38. The van der Waals surface area contributed by atoms with Crippen molar-refractivity contribution >= 4 is 29.1 Å². The number of amides is 1. The zero-order valence-electron chi connectivity index (χ0n) is 12.5. The van der Waals surface area contributed by atoms with Crippen molar-refractivity contribution in [2.75, 3.05) is 26.8 Å². The SMILES string of the molecule is COC(CO)C(=O)N1CCCCC1.Oc1ccc(Cl)c(Cl)c1. The van der Waals surface area contributed by atoms with Gasteiger partial charge in [-0.25, -0.2) is 0 Å². The van der Waals surface area contributed by atoms with Crippen LogP contribution in [0.1, 0.15) is 19.3 Å². The third kappa shape index (κ3) is 6.01. The molecule has 0 aromatic heterocycles. The van der Waals surface area contributed by atoms with E-state index in [0.717, 1.165) is 25.9 Å². The van der Waals surface area contributed by atoms with Crippen LogP contribution in [0.2, 0.25) is 10.0 Å². The third-order valence-corrected chi connectivity index (χ3v) is 4.04. The molecule has 0 bridgehead atoms. The number of nitrogens with zero attached hydrogens (tertiary/aromatic N) is 1. The van der Waals surface area contributed by atoms with Crippen LogP contribution in [-0.4, -0.2) is 53.9 Å². The van der Waals surface area contributed by atoms with E-state index in [1.54, 1.807) is 11.0 Å². The van der Waals surface area contributed by atoms with Crippen LogP contribution in [0.25, 0.3) is 0 Å². The number of aliphatic hydroxyl groups excluding tert-OH is 1. The molecule has 22 heavy (non-hydrogen) atoms. The van der Waals surface area contributed by atoms with Crippen LogP contribution in [0.15, 0.2) is 18.2 Å². The lowest BCUT2D eigenvalue weighted by molar-refractivity contribution is -0.145. The van der Waals surface area contributed by atoms with Gasteiger partial charge in [0, 0.05) is 20.2 Å². The quantitative estimate of drug-likeness (QED) is 0.880. The number of rotatable bonds is 3. The largest absolute Gasteiger partial charge is 0.508 e. The van der Waals surface area contributed by atoms with Crippen LogP contribution in [-0.2, 0) is 9.53 Å². The van der Waals surface area contributed by atoms with Gasteiger partial charge in [0.2, 0.25) is 0 Å². The number of piperidine rings is 1. The molecule has 7 heteroatoms. The van der Waals surface area contributed by atoms with E-state index >= 15 is 0 Å². The van der Waals surface area contributed by atoms with Gasteiger partial charge in [0.1, 0.15) is 5.75 Å². The van der Waals surface area contributed by atoms with E-state index in [1.807, 2.05) is 0 Å². The molecule has 2 N–H and O–H groups in total. The first-order valence-corrected chi connectivity index (χ1v) is 7.81. The maximum absolute atomic E-state index is 11.6. The molecule has 1 heterocycles. The van der Waals surface area contributed by atoms with Gasteiger partial charge in [-0.15, -0.1) is 0 Å². The lowest BCUT2D eigenvalue weighted by Gasteiger charge is -2.29. The fourth-order valence-corrected chi connectivity index (χ4v) is 2.35. The van der Waals surface area contributed by atoms with Gasteiger partial charge in [-0.05, 0) is 37.5 Å². The second-order valence-electron chi connectivity index (χ2n) is 4.89. The number of ether oxygens (including phenoxy) is 1. The normalized spacial score (nSPS) is 15.7. The number of halogens is 2. The number of carbonyl (C=O) groups is 1. The molecular formula is C15H21Cl2NO4. The first-order chi connectivity index (χ1) is 10.5. The first kappa shape index (κ1) is 19.0. The van der Waals surface area contributed by atoms with E-state index in [0.29, 0.717) is 10.0 Å². The topological polar surface area (TPSA) is 70.0 Å². The second kappa shape index (κ2) is 9.90. The van der Waals surface area contributed by atoms with Crippen LogP contribution in [0.3, 0.4) is 0 Å². The first-order valence-electron chi connectivity index (χ1n) is 7.06. The summed E-state index contributed by atoms with van der Waals surface area (Å²) in [7, 11) is 1.45. The van der Waals surface area contributed by atoms with Crippen molar-refractivity contribution in [3.05, 3.63) is 28.2 Å². The monoisotopic (exact) mass is 349 g/mol. The van der Waals surface area contributed by atoms with Gasteiger partial charge in [-0.2, -0.15) is 0 Å². The summed E-state index contributed by atoms with van der Waals surface area (Å²) >= 11 is 11.1. The van der Waals surface area contributed by atoms with Gasteiger partial charge in [-0.1, -0.05) is 23.2 Å². The molecule has 124 valence electrons. The van der Waals surface area contributed by atoms with E-state index in [9.17, 15) is 4.79 Å². The zero-order chi connectivity index (χ0) is 16.5. The summed E-state index contributed by atoms with van der Waals surface area (Å²) in [5.41, 5.74) is 0. The van der Waals surface area contributed by atoms with Crippen molar-refractivity contribution in [1.29, 1.82) is 0 Å². The second-order valence-corrected chi connectivity index (χ2v) is 5.71. The van der Waals surface area contributed by atoms with Crippen molar-refractivity contribution in [2.45, 2.75) is 25.4 Å². The molecule has 1 unspecified atom stereocenters. The van der Waals surface area contributed by atoms with E-state index in [1.165, 1.54) is 25.7 Å². The minimum Gasteiger partial charge on any atom is -0.508 e. The molecular weight excluding hydrogens is 329 g/mol. The predicted molar refractivity (Wildman–Crippen MR) is 86.4 cm³/mol. The van der Waals surface area contributed by atoms with Crippen LogP contribution < -0.4 is 0 Å². The number of likely N-dealkylation sites (tertiary alicyclic amines) is 1. The highest BCUT2D eigenvalue weighted by Crippen LogP contribution is 2.25. The minimum absolute atomic E-state index is 0.0790. The van der Waals surface area contributed by atoms with E-state index in [4.69, 9.17) is 38.2 Å². The Balaban J connectivity index is 0.000000235. The lowest BCUT2D eigenvalue weighted by Crippen LogP contribution is -2.44. The molecule has 1 fully saturated rings. The number of aliphatic hydroxyl groups is 1. The van der Waals surface area contributed by atoms with Gasteiger partial charge >= 0.3 is 0 Å². The number of carbonyl (C=O) groups excluding carboxylic acids is 1. The molecule has 0 spiro atoms. The number of hydrogen-bond donors (Lipinski definition) is 2. The Labute approximate surface area is 140 Å². The van der Waals surface area contributed by atoms with Gasteiger partial charge in [-0.3, -0.25) is 4.79 Å². The Morgan fingerprint density at radius 2 is 1.91 bits per heavy atom. The average Bonchev–Trinajstić information content (AvgIpc) is 2.54. The Bertz CT molecular complexity index is 475. The van der Waals surface area contributed by atoms with Crippen LogP contribution >= 0.6 is 23.2 Å². The molecule has 1 saturated heterocycles. The van der Waals surface area contributed by atoms with E-state index in [2.05, 4.69) is 0 Å². The van der Waals surface area contributed by atoms with Crippen molar-refractivity contribution in [1.82, 2.24) is 4.90 Å². The van der Waals surface area contributed by atoms with Gasteiger partial charge < -0.3 is 19.8 Å². The Morgan fingerprint density at radius 3 is 2.36 bits per heavy atom. The highest BCUT2D eigenvalue weighted by Gasteiger charge is 2.24. The molecule has 0 saturated carbocycles. The molecule has 1 amide bonds. The van der Waals surface area contributed by atoms with Crippen LogP contribution in [0, 0.1) is 0 Å². The average molecular weight is 350 g/mol. The smallest absolute Gasteiger partial charge is 0.254 e. The number of methoxy groups -OCH3 is 1.